The molecule has 144 valence electrons. The van der Waals surface area contributed by atoms with E-state index in [2.05, 4.69) is 0 Å². The maximum absolute atomic E-state index is 12.0. The molecule has 0 radical (unpaired) electrons. The number of hydrogen-bond acceptors (Lipinski definition) is 6. The minimum Gasteiger partial charge on any atom is -0.473 e. The van der Waals surface area contributed by atoms with E-state index in [1.54, 1.807) is 12.1 Å². The number of carbonyl (C=O) groups is 1. The fourth-order valence-electron chi connectivity index (χ4n) is 3.34. The van der Waals surface area contributed by atoms with Crippen molar-refractivity contribution in [2.75, 3.05) is 18.2 Å². The Kier molecular flexibility index (Phi) is 4.77. The van der Waals surface area contributed by atoms with Gasteiger partial charge in [-0.1, -0.05) is 6.92 Å². The number of esters is 1. The Morgan fingerprint density at radius 3 is 2.71 bits per heavy atom. The van der Waals surface area contributed by atoms with Crippen molar-refractivity contribution in [1.29, 1.82) is 0 Å². The third kappa shape index (κ3) is 3.33. The Morgan fingerprint density at radius 2 is 1.96 bits per heavy atom. The van der Waals surface area contributed by atoms with E-state index in [9.17, 15) is 9.59 Å². The molecule has 6 heteroatoms. The van der Waals surface area contributed by atoms with Gasteiger partial charge < -0.3 is 18.8 Å². The van der Waals surface area contributed by atoms with Crippen molar-refractivity contribution >= 4 is 22.6 Å². The molecule has 1 aromatic heterocycles. The monoisotopic (exact) mass is 379 g/mol. The van der Waals surface area contributed by atoms with E-state index in [4.69, 9.17) is 13.9 Å². The number of carbonyl (C=O) groups excluding carboxylic acids is 1. The molecular weight excluding hydrogens is 358 g/mol. The van der Waals surface area contributed by atoms with Gasteiger partial charge >= 0.3 is 11.6 Å². The highest BCUT2D eigenvalue weighted by Crippen LogP contribution is 2.34. The van der Waals surface area contributed by atoms with Crippen LogP contribution < -0.4 is 15.3 Å². The first-order chi connectivity index (χ1) is 13.6. The average Bonchev–Trinajstić information content (AvgIpc) is 2.71. The second kappa shape index (κ2) is 7.38. The molecule has 0 N–H and O–H groups in total. The van der Waals surface area contributed by atoms with E-state index in [-0.39, 0.29) is 11.6 Å². The van der Waals surface area contributed by atoms with Crippen molar-refractivity contribution in [3.8, 4) is 5.75 Å². The summed E-state index contributed by atoms with van der Waals surface area (Å²) >= 11 is 0. The number of aryl methyl sites for hydroxylation is 1. The summed E-state index contributed by atoms with van der Waals surface area (Å²) in [5.74, 6) is 0.397. The first-order valence-corrected chi connectivity index (χ1v) is 9.28. The molecule has 2 heterocycles. The molecule has 0 amide bonds. The molecule has 0 spiro atoms. The fraction of sp³-hybridized carbons (Fsp3) is 0.273. The number of anilines is 1. The zero-order chi connectivity index (χ0) is 19.7. The average molecular weight is 379 g/mol. The van der Waals surface area contributed by atoms with Gasteiger partial charge in [0.05, 0.1) is 24.3 Å². The molecule has 0 saturated heterocycles. The van der Waals surface area contributed by atoms with E-state index in [1.165, 1.54) is 6.07 Å². The summed E-state index contributed by atoms with van der Waals surface area (Å²) in [5.41, 5.74) is 3.34. The number of ether oxygens (including phenoxy) is 2. The van der Waals surface area contributed by atoms with Crippen LogP contribution >= 0.6 is 0 Å². The van der Waals surface area contributed by atoms with Gasteiger partial charge in [0.2, 0.25) is 0 Å². The lowest BCUT2D eigenvalue weighted by atomic mass is 10.0. The van der Waals surface area contributed by atoms with Gasteiger partial charge in [-0.2, -0.15) is 0 Å². The van der Waals surface area contributed by atoms with Crippen LogP contribution in [0.15, 0.2) is 51.7 Å². The van der Waals surface area contributed by atoms with E-state index >= 15 is 0 Å². The van der Waals surface area contributed by atoms with Crippen LogP contribution in [0.1, 0.15) is 34.8 Å². The summed E-state index contributed by atoms with van der Waals surface area (Å²) in [7, 11) is 0. The van der Waals surface area contributed by atoms with Crippen LogP contribution in [-0.2, 0) is 11.3 Å². The summed E-state index contributed by atoms with van der Waals surface area (Å²) in [6, 6.07) is 12.5. The number of benzene rings is 2. The van der Waals surface area contributed by atoms with Crippen molar-refractivity contribution in [2.45, 2.75) is 26.8 Å². The zero-order valence-corrected chi connectivity index (χ0v) is 15.9. The van der Waals surface area contributed by atoms with E-state index in [0.717, 1.165) is 34.4 Å². The van der Waals surface area contributed by atoms with Crippen LogP contribution in [-0.4, -0.2) is 19.3 Å². The van der Waals surface area contributed by atoms with Gasteiger partial charge in [-0.05, 0) is 55.3 Å². The molecule has 0 unspecified atom stereocenters. The minimum absolute atomic E-state index is 0.322. The van der Waals surface area contributed by atoms with Crippen molar-refractivity contribution < 1.29 is 18.7 Å². The molecule has 3 aromatic rings. The van der Waals surface area contributed by atoms with Gasteiger partial charge in [-0.3, -0.25) is 0 Å². The normalized spacial score (nSPS) is 13.1. The lowest BCUT2D eigenvalue weighted by molar-refractivity contribution is 0.0505. The molecule has 0 fully saturated rings. The van der Waals surface area contributed by atoms with Gasteiger partial charge in [0.1, 0.15) is 11.3 Å². The number of nitrogens with zero attached hydrogens (tertiary/aromatic N) is 1. The van der Waals surface area contributed by atoms with E-state index < -0.39 is 0 Å². The smallest absolute Gasteiger partial charge is 0.338 e. The Balaban J connectivity index is 1.62. The molecule has 6 nitrogen and oxygen atoms in total. The molecular formula is C22H21NO5. The van der Waals surface area contributed by atoms with Crippen molar-refractivity contribution in [1.82, 2.24) is 0 Å². The maximum Gasteiger partial charge on any atom is 0.338 e. The summed E-state index contributed by atoms with van der Waals surface area (Å²) < 4.78 is 16.5. The molecule has 0 atom stereocenters. The van der Waals surface area contributed by atoms with Crippen LogP contribution in [0, 0.1) is 6.92 Å². The molecule has 2 aromatic carbocycles. The Labute approximate surface area is 162 Å². The van der Waals surface area contributed by atoms with E-state index in [1.807, 2.05) is 43.0 Å². The van der Waals surface area contributed by atoms with Gasteiger partial charge in [0, 0.05) is 17.1 Å². The van der Waals surface area contributed by atoms with Crippen molar-refractivity contribution in [3.05, 3.63) is 69.6 Å². The SMILES string of the molecule is CCCOC(=O)c1ccc(N2COc3ccc4c(C)cc(=O)oc4c3C2)cc1. The maximum atomic E-state index is 12.0. The van der Waals surface area contributed by atoms with E-state index in [0.29, 0.717) is 31.0 Å². The highest BCUT2D eigenvalue weighted by atomic mass is 16.5. The van der Waals surface area contributed by atoms with Crippen LogP contribution in [0.5, 0.6) is 5.75 Å². The predicted molar refractivity (Wildman–Crippen MR) is 106 cm³/mol. The Hall–Kier alpha value is -3.28. The molecule has 0 bridgehead atoms. The zero-order valence-electron chi connectivity index (χ0n) is 15.9. The number of hydrogen-bond donors (Lipinski definition) is 0. The lowest BCUT2D eigenvalue weighted by Crippen LogP contribution is -2.32. The standard InChI is InChI=1S/C22H21NO5/c1-3-10-26-22(25)15-4-6-16(7-5-15)23-12-18-19(27-13-23)9-8-17-14(2)11-20(24)28-21(17)18/h4-9,11H,3,10,12-13H2,1-2H3. The van der Waals surface area contributed by atoms with Gasteiger partial charge in [0.25, 0.3) is 0 Å². The summed E-state index contributed by atoms with van der Waals surface area (Å²) in [6.45, 7) is 5.17. The Morgan fingerprint density at radius 1 is 1.18 bits per heavy atom. The van der Waals surface area contributed by atoms with Crippen LogP contribution in [0.3, 0.4) is 0 Å². The topological polar surface area (TPSA) is 69.0 Å². The van der Waals surface area contributed by atoms with Crippen molar-refractivity contribution in [2.24, 2.45) is 0 Å². The second-order valence-electron chi connectivity index (χ2n) is 6.82. The first kappa shape index (κ1) is 18.1. The first-order valence-electron chi connectivity index (χ1n) is 9.28. The number of rotatable bonds is 4. The highest BCUT2D eigenvalue weighted by molar-refractivity contribution is 5.90. The molecule has 4 rings (SSSR count). The van der Waals surface area contributed by atoms with Gasteiger partial charge in [-0.25, -0.2) is 9.59 Å². The fourth-order valence-corrected chi connectivity index (χ4v) is 3.34. The second-order valence-corrected chi connectivity index (χ2v) is 6.82. The summed E-state index contributed by atoms with van der Waals surface area (Å²) in [4.78, 5) is 25.8. The Bertz CT molecular complexity index is 1080. The molecule has 0 saturated carbocycles. The highest BCUT2D eigenvalue weighted by Gasteiger charge is 2.22. The molecule has 1 aliphatic heterocycles. The van der Waals surface area contributed by atoms with Crippen LogP contribution in [0.2, 0.25) is 0 Å². The van der Waals surface area contributed by atoms with Crippen LogP contribution in [0.4, 0.5) is 5.69 Å². The summed E-state index contributed by atoms with van der Waals surface area (Å²) in [5, 5.41) is 0.901. The summed E-state index contributed by atoms with van der Waals surface area (Å²) in [6.07, 6.45) is 0.790. The van der Waals surface area contributed by atoms with Gasteiger partial charge in [0.15, 0.2) is 6.73 Å². The largest absolute Gasteiger partial charge is 0.473 e. The predicted octanol–water partition coefficient (Wildman–Crippen LogP) is 4.02. The van der Waals surface area contributed by atoms with Gasteiger partial charge in [-0.15, -0.1) is 0 Å². The number of fused-ring (bicyclic) bond motifs is 3. The quantitative estimate of drug-likeness (QED) is 0.504. The lowest BCUT2D eigenvalue weighted by Gasteiger charge is -2.31. The third-order valence-electron chi connectivity index (χ3n) is 4.81. The van der Waals surface area contributed by atoms with Crippen molar-refractivity contribution in [3.63, 3.8) is 0 Å². The molecule has 1 aliphatic rings. The van der Waals surface area contributed by atoms with Crippen LogP contribution in [0.25, 0.3) is 11.0 Å². The molecule has 0 aliphatic carbocycles. The molecule has 28 heavy (non-hydrogen) atoms. The minimum atomic E-state index is -0.370. The third-order valence-corrected chi connectivity index (χ3v) is 4.81.